The number of nitrogens with two attached hydrogens (primary N) is 1. The van der Waals surface area contributed by atoms with Crippen LogP contribution in [0.5, 0.6) is 0 Å². The van der Waals surface area contributed by atoms with Crippen molar-refractivity contribution in [2.24, 2.45) is 11.1 Å². The van der Waals surface area contributed by atoms with Crippen molar-refractivity contribution in [2.75, 3.05) is 0 Å². The van der Waals surface area contributed by atoms with Gasteiger partial charge in [0.2, 0.25) is 5.91 Å². The molecule has 0 bridgehead atoms. The molecule has 0 saturated heterocycles. The number of carboxylic acids is 1. The third kappa shape index (κ3) is 4.61. The molecule has 0 spiro atoms. The second-order valence-electron chi connectivity index (χ2n) is 5.04. The molecule has 0 rings (SSSR count). The number of carboxylic acid groups (broad SMARTS) is 1. The number of amides is 1. The van der Waals surface area contributed by atoms with E-state index in [-0.39, 0.29) is 0 Å². The minimum Gasteiger partial charge on any atom is -0.480 e. The molecule has 94 valence electrons. The summed E-state index contributed by atoms with van der Waals surface area (Å²) in [5.74, 6) is -1.44. The minimum atomic E-state index is -1.04. The van der Waals surface area contributed by atoms with E-state index in [1.807, 2.05) is 6.92 Å². The first-order valence-corrected chi connectivity index (χ1v) is 5.49. The Morgan fingerprint density at radius 2 is 1.88 bits per heavy atom. The Morgan fingerprint density at radius 3 is 2.19 bits per heavy atom. The van der Waals surface area contributed by atoms with E-state index in [9.17, 15) is 9.59 Å². The third-order valence-electron chi connectivity index (χ3n) is 2.34. The van der Waals surface area contributed by atoms with Crippen molar-refractivity contribution in [3.05, 3.63) is 0 Å². The molecule has 4 N–H and O–H groups in total. The first kappa shape index (κ1) is 14.9. The van der Waals surface area contributed by atoms with Crippen LogP contribution in [0.2, 0.25) is 0 Å². The lowest BCUT2D eigenvalue weighted by atomic mass is 9.86. The van der Waals surface area contributed by atoms with Crippen molar-refractivity contribution in [1.82, 2.24) is 5.32 Å². The molecule has 0 unspecified atom stereocenters. The Hall–Kier alpha value is -1.10. The summed E-state index contributed by atoms with van der Waals surface area (Å²) in [7, 11) is 0. The standard InChI is InChI=1S/C11H22N2O3/c1-5-6-7(12)9(14)13-8(10(15)16)11(2,3)4/h7-8H,5-6,12H2,1-4H3,(H,13,14)(H,15,16)/t7-,8+/m1/s1. The van der Waals surface area contributed by atoms with E-state index in [0.717, 1.165) is 6.42 Å². The summed E-state index contributed by atoms with van der Waals surface area (Å²) in [6.07, 6.45) is 1.35. The highest BCUT2D eigenvalue weighted by Crippen LogP contribution is 2.19. The van der Waals surface area contributed by atoms with Gasteiger partial charge >= 0.3 is 5.97 Å². The number of carbonyl (C=O) groups excluding carboxylic acids is 1. The van der Waals surface area contributed by atoms with Crippen LogP contribution in [-0.2, 0) is 9.59 Å². The molecule has 0 aromatic heterocycles. The molecule has 0 aromatic carbocycles. The first-order valence-electron chi connectivity index (χ1n) is 5.49. The van der Waals surface area contributed by atoms with Crippen molar-refractivity contribution < 1.29 is 14.7 Å². The molecule has 16 heavy (non-hydrogen) atoms. The van der Waals surface area contributed by atoms with Gasteiger partial charge < -0.3 is 16.2 Å². The van der Waals surface area contributed by atoms with Crippen molar-refractivity contribution in [3.8, 4) is 0 Å². The average Bonchev–Trinajstić information content (AvgIpc) is 2.11. The first-order chi connectivity index (χ1) is 7.20. The van der Waals surface area contributed by atoms with Gasteiger partial charge in [-0.1, -0.05) is 34.1 Å². The topological polar surface area (TPSA) is 92.4 Å². The van der Waals surface area contributed by atoms with Crippen LogP contribution in [0.1, 0.15) is 40.5 Å². The monoisotopic (exact) mass is 230 g/mol. The summed E-state index contributed by atoms with van der Waals surface area (Å²) >= 11 is 0. The number of rotatable bonds is 5. The highest BCUT2D eigenvalue weighted by atomic mass is 16.4. The highest BCUT2D eigenvalue weighted by Gasteiger charge is 2.33. The maximum Gasteiger partial charge on any atom is 0.326 e. The Bertz CT molecular complexity index is 258. The van der Waals surface area contributed by atoms with Gasteiger partial charge in [-0.3, -0.25) is 4.79 Å². The summed E-state index contributed by atoms with van der Waals surface area (Å²) in [6, 6.07) is -1.54. The van der Waals surface area contributed by atoms with Crippen LogP contribution in [0, 0.1) is 5.41 Å². The van der Waals surface area contributed by atoms with E-state index in [1.54, 1.807) is 20.8 Å². The lowest BCUT2D eigenvalue weighted by molar-refractivity contribution is -0.145. The van der Waals surface area contributed by atoms with Gasteiger partial charge in [0.25, 0.3) is 0 Å². The van der Waals surface area contributed by atoms with Gasteiger partial charge in [-0.2, -0.15) is 0 Å². The van der Waals surface area contributed by atoms with Crippen LogP contribution in [0.15, 0.2) is 0 Å². The van der Waals surface area contributed by atoms with Gasteiger partial charge in [0.15, 0.2) is 0 Å². The van der Waals surface area contributed by atoms with E-state index < -0.39 is 29.4 Å². The van der Waals surface area contributed by atoms with Gasteiger partial charge in [0.05, 0.1) is 6.04 Å². The summed E-state index contributed by atoms with van der Waals surface area (Å²) in [4.78, 5) is 22.6. The predicted molar refractivity (Wildman–Crippen MR) is 61.9 cm³/mol. The number of hydrogen-bond donors (Lipinski definition) is 3. The Balaban J connectivity index is 4.54. The zero-order valence-electron chi connectivity index (χ0n) is 10.4. The lowest BCUT2D eigenvalue weighted by Crippen LogP contribution is -2.53. The van der Waals surface area contributed by atoms with Crippen LogP contribution in [-0.4, -0.2) is 29.1 Å². The molecule has 0 radical (unpaired) electrons. The van der Waals surface area contributed by atoms with Gasteiger partial charge in [-0.25, -0.2) is 4.79 Å². The minimum absolute atomic E-state index is 0.399. The van der Waals surface area contributed by atoms with Crippen LogP contribution in [0.4, 0.5) is 0 Å². The van der Waals surface area contributed by atoms with Crippen LogP contribution in [0.3, 0.4) is 0 Å². The molecule has 0 aromatic rings. The van der Waals surface area contributed by atoms with Crippen LogP contribution < -0.4 is 11.1 Å². The molecule has 0 fully saturated rings. The largest absolute Gasteiger partial charge is 0.480 e. The second-order valence-corrected chi connectivity index (χ2v) is 5.04. The molecule has 0 aliphatic heterocycles. The third-order valence-corrected chi connectivity index (χ3v) is 2.34. The second kappa shape index (κ2) is 5.84. The Kier molecular flexibility index (Phi) is 5.44. The zero-order chi connectivity index (χ0) is 12.9. The SMILES string of the molecule is CCC[C@@H](N)C(=O)N[C@@H](C(=O)O)C(C)(C)C. The summed E-state index contributed by atoms with van der Waals surface area (Å²) in [5, 5.41) is 11.5. The average molecular weight is 230 g/mol. The van der Waals surface area contributed by atoms with Crippen LogP contribution >= 0.6 is 0 Å². The van der Waals surface area contributed by atoms with Gasteiger partial charge in [-0.15, -0.1) is 0 Å². The fraction of sp³-hybridized carbons (Fsp3) is 0.818. The van der Waals surface area contributed by atoms with Crippen molar-refractivity contribution in [2.45, 2.75) is 52.6 Å². The van der Waals surface area contributed by atoms with Gasteiger partial charge in [0.1, 0.15) is 6.04 Å². The molecule has 5 heteroatoms. The normalized spacial score (nSPS) is 15.3. The molecule has 5 nitrogen and oxygen atoms in total. The molecule has 0 aliphatic carbocycles. The van der Waals surface area contributed by atoms with E-state index in [1.165, 1.54) is 0 Å². The van der Waals surface area contributed by atoms with E-state index in [2.05, 4.69) is 5.32 Å². The number of hydrogen-bond acceptors (Lipinski definition) is 3. The number of nitrogens with one attached hydrogen (secondary N) is 1. The molecule has 0 saturated carbocycles. The number of carbonyl (C=O) groups is 2. The van der Waals surface area contributed by atoms with E-state index in [0.29, 0.717) is 6.42 Å². The quantitative estimate of drug-likeness (QED) is 0.649. The van der Waals surface area contributed by atoms with Gasteiger partial charge in [0, 0.05) is 0 Å². The zero-order valence-corrected chi connectivity index (χ0v) is 10.4. The molecular weight excluding hydrogens is 208 g/mol. The fourth-order valence-corrected chi connectivity index (χ4v) is 1.34. The molecule has 1 amide bonds. The Labute approximate surface area is 96.4 Å². The summed E-state index contributed by atoms with van der Waals surface area (Å²) in [5.41, 5.74) is 5.08. The summed E-state index contributed by atoms with van der Waals surface area (Å²) in [6.45, 7) is 7.21. The Morgan fingerprint density at radius 1 is 1.38 bits per heavy atom. The molecule has 2 atom stereocenters. The van der Waals surface area contributed by atoms with Crippen molar-refractivity contribution in [1.29, 1.82) is 0 Å². The number of aliphatic carboxylic acids is 1. The maximum atomic E-state index is 11.6. The molecule has 0 heterocycles. The lowest BCUT2D eigenvalue weighted by Gasteiger charge is -2.28. The van der Waals surface area contributed by atoms with E-state index >= 15 is 0 Å². The van der Waals surface area contributed by atoms with E-state index in [4.69, 9.17) is 10.8 Å². The van der Waals surface area contributed by atoms with Crippen LogP contribution in [0.25, 0.3) is 0 Å². The fourth-order valence-electron chi connectivity index (χ4n) is 1.34. The van der Waals surface area contributed by atoms with Gasteiger partial charge in [-0.05, 0) is 11.8 Å². The smallest absolute Gasteiger partial charge is 0.326 e. The van der Waals surface area contributed by atoms with Crippen molar-refractivity contribution in [3.63, 3.8) is 0 Å². The summed E-state index contributed by atoms with van der Waals surface area (Å²) < 4.78 is 0. The molecular formula is C11H22N2O3. The molecule has 0 aliphatic rings. The maximum absolute atomic E-state index is 11.6. The predicted octanol–water partition coefficient (Wildman–Crippen LogP) is 0.729. The van der Waals surface area contributed by atoms with Crippen molar-refractivity contribution >= 4 is 11.9 Å². The highest BCUT2D eigenvalue weighted by molar-refractivity contribution is 5.87.